The van der Waals surface area contributed by atoms with Crippen molar-refractivity contribution in [2.24, 2.45) is 0 Å². The molecule has 6 heteroatoms. The van der Waals surface area contributed by atoms with Crippen molar-refractivity contribution in [2.75, 3.05) is 11.4 Å². The number of anilines is 1. The highest BCUT2D eigenvalue weighted by atomic mass is 79.9. The van der Waals surface area contributed by atoms with E-state index in [9.17, 15) is 14.7 Å². The summed E-state index contributed by atoms with van der Waals surface area (Å²) in [5, 5.41) is 15.5. The van der Waals surface area contributed by atoms with Crippen molar-refractivity contribution >= 4 is 44.2 Å². The van der Waals surface area contributed by atoms with E-state index in [0.29, 0.717) is 5.69 Å². The number of amides is 2. The SMILES string of the molecule is O=C(NCc1cccc(Br)c1)[C@]1(O)CCN(c2cccc3ccccc23)C1=O. The van der Waals surface area contributed by atoms with Gasteiger partial charge in [-0.25, -0.2) is 0 Å². The molecule has 1 aliphatic rings. The molecule has 2 N–H and O–H groups in total. The molecular weight excluding hydrogens is 420 g/mol. The van der Waals surface area contributed by atoms with Crippen LogP contribution in [0.4, 0.5) is 5.69 Å². The lowest BCUT2D eigenvalue weighted by Gasteiger charge is -2.22. The quantitative estimate of drug-likeness (QED) is 0.613. The number of nitrogens with one attached hydrogen (secondary N) is 1. The number of carbonyl (C=O) groups excluding carboxylic acids is 2. The number of carbonyl (C=O) groups is 2. The first-order valence-electron chi connectivity index (χ1n) is 9.04. The Labute approximate surface area is 171 Å². The van der Waals surface area contributed by atoms with Gasteiger partial charge in [-0.3, -0.25) is 9.59 Å². The molecular formula is C22H19BrN2O3. The van der Waals surface area contributed by atoms with Crippen molar-refractivity contribution < 1.29 is 14.7 Å². The van der Waals surface area contributed by atoms with Gasteiger partial charge in [0, 0.05) is 29.4 Å². The molecule has 1 aliphatic heterocycles. The molecule has 1 fully saturated rings. The van der Waals surface area contributed by atoms with E-state index in [4.69, 9.17) is 0 Å². The minimum absolute atomic E-state index is 0.0549. The monoisotopic (exact) mass is 438 g/mol. The number of nitrogens with zero attached hydrogens (tertiary/aromatic N) is 1. The van der Waals surface area contributed by atoms with Gasteiger partial charge in [-0.1, -0.05) is 64.5 Å². The van der Waals surface area contributed by atoms with Gasteiger partial charge in [0.05, 0.1) is 5.69 Å². The zero-order valence-corrected chi connectivity index (χ0v) is 16.6. The van der Waals surface area contributed by atoms with Gasteiger partial charge in [0.2, 0.25) is 5.60 Å². The normalized spacial score (nSPS) is 19.2. The number of fused-ring (bicyclic) bond motifs is 1. The first kappa shape index (κ1) is 18.7. The smallest absolute Gasteiger partial charge is 0.268 e. The van der Waals surface area contributed by atoms with Crippen molar-refractivity contribution in [1.82, 2.24) is 5.32 Å². The maximum atomic E-state index is 13.0. The molecule has 5 nitrogen and oxygen atoms in total. The number of hydrogen-bond acceptors (Lipinski definition) is 3. The summed E-state index contributed by atoms with van der Waals surface area (Å²) >= 11 is 3.39. The molecule has 1 atom stereocenters. The maximum absolute atomic E-state index is 13.0. The number of rotatable bonds is 4. The second-order valence-electron chi connectivity index (χ2n) is 6.88. The molecule has 28 heavy (non-hydrogen) atoms. The molecule has 0 bridgehead atoms. The average molecular weight is 439 g/mol. The lowest BCUT2D eigenvalue weighted by Crippen LogP contribution is -2.52. The third-order valence-electron chi connectivity index (χ3n) is 5.07. The van der Waals surface area contributed by atoms with Crippen molar-refractivity contribution in [3.8, 4) is 0 Å². The van der Waals surface area contributed by atoms with E-state index in [1.807, 2.05) is 66.7 Å². The molecule has 0 unspecified atom stereocenters. The number of benzene rings is 3. The lowest BCUT2D eigenvalue weighted by atomic mass is 10.0. The number of halogens is 1. The number of aliphatic hydroxyl groups is 1. The molecule has 3 aromatic carbocycles. The van der Waals surface area contributed by atoms with Crippen LogP contribution in [0.3, 0.4) is 0 Å². The van der Waals surface area contributed by atoms with Crippen molar-refractivity contribution in [3.63, 3.8) is 0 Å². The van der Waals surface area contributed by atoms with Gasteiger partial charge in [0.25, 0.3) is 11.8 Å². The third-order valence-corrected chi connectivity index (χ3v) is 5.56. The summed E-state index contributed by atoms with van der Waals surface area (Å²) in [6, 6.07) is 20.9. The fourth-order valence-electron chi connectivity index (χ4n) is 3.57. The van der Waals surface area contributed by atoms with Crippen LogP contribution in [0, 0.1) is 0 Å². The van der Waals surface area contributed by atoms with Crippen LogP contribution >= 0.6 is 15.9 Å². The minimum atomic E-state index is -2.05. The van der Waals surface area contributed by atoms with Crippen molar-refractivity contribution in [3.05, 3.63) is 76.8 Å². The summed E-state index contributed by atoms with van der Waals surface area (Å²) in [7, 11) is 0. The summed E-state index contributed by atoms with van der Waals surface area (Å²) in [5.74, 6) is -1.25. The highest BCUT2D eigenvalue weighted by Crippen LogP contribution is 2.33. The van der Waals surface area contributed by atoms with Crippen LogP contribution < -0.4 is 10.2 Å². The standard InChI is InChI=1S/C22H19BrN2O3/c23-17-8-3-5-15(13-17)14-24-20(26)22(28)11-12-25(21(22)27)19-10-4-7-16-6-1-2-9-18(16)19/h1-10,13,28H,11-12,14H2,(H,24,26)/t22-/m1/s1. The Morgan fingerprint density at radius 2 is 1.86 bits per heavy atom. The molecule has 0 spiro atoms. The zero-order valence-electron chi connectivity index (χ0n) is 15.1. The summed E-state index contributed by atoms with van der Waals surface area (Å²) < 4.78 is 0.900. The Balaban J connectivity index is 1.54. The Bertz CT molecular complexity index is 1060. The van der Waals surface area contributed by atoms with Crippen LogP contribution in [0.5, 0.6) is 0 Å². The molecule has 0 aromatic heterocycles. The van der Waals surface area contributed by atoms with Gasteiger partial charge < -0.3 is 15.3 Å². The molecule has 4 rings (SSSR count). The molecule has 0 aliphatic carbocycles. The Morgan fingerprint density at radius 1 is 1.11 bits per heavy atom. The fourth-order valence-corrected chi connectivity index (χ4v) is 4.01. The Hall–Kier alpha value is -2.70. The summed E-state index contributed by atoms with van der Waals surface area (Å²) in [6.07, 6.45) is 0.0549. The van der Waals surface area contributed by atoms with Crippen LogP contribution in [0.1, 0.15) is 12.0 Å². The van der Waals surface area contributed by atoms with Gasteiger partial charge in [0.15, 0.2) is 0 Å². The van der Waals surface area contributed by atoms with Crippen LogP contribution in [0.2, 0.25) is 0 Å². The van der Waals surface area contributed by atoms with Gasteiger partial charge in [-0.05, 0) is 29.1 Å². The Morgan fingerprint density at radius 3 is 2.68 bits per heavy atom. The summed E-state index contributed by atoms with van der Waals surface area (Å²) in [6.45, 7) is 0.524. The minimum Gasteiger partial charge on any atom is -0.372 e. The summed E-state index contributed by atoms with van der Waals surface area (Å²) in [4.78, 5) is 27.1. The highest BCUT2D eigenvalue weighted by molar-refractivity contribution is 9.10. The molecule has 142 valence electrons. The summed E-state index contributed by atoms with van der Waals surface area (Å²) in [5.41, 5.74) is -0.468. The second kappa shape index (κ2) is 7.37. The first-order valence-corrected chi connectivity index (χ1v) is 9.83. The van der Waals surface area contributed by atoms with Crippen molar-refractivity contribution in [2.45, 2.75) is 18.6 Å². The van der Waals surface area contributed by atoms with Gasteiger partial charge in [-0.15, -0.1) is 0 Å². The average Bonchev–Trinajstić information content (AvgIpc) is 3.01. The Kier molecular flexibility index (Phi) is 4.91. The van der Waals surface area contributed by atoms with E-state index in [-0.39, 0.29) is 19.5 Å². The molecule has 3 aromatic rings. The van der Waals surface area contributed by atoms with Gasteiger partial charge >= 0.3 is 0 Å². The topological polar surface area (TPSA) is 69.6 Å². The van der Waals surface area contributed by atoms with Crippen LogP contribution in [-0.2, 0) is 16.1 Å². The highest BCUT2D eigenvalue weighted by Gasteiger charge is 2.51. The van der Waals surface area contributed by atoms with E-state index in [1.54, 1.807) is 0 Å². The van der Waals surface area contributed by atoms with E-state index < -0.39 is 17.4 Å². The molecule has 2 amide bonds. The zero-order chi connectivity index (χ0) is 19.7. The van der Waals surface area contributed by atoms with E-state index in [0.717, 1.165) is 20.8 Å². The number of hydrogen-bond donors (Lipinski definition) is 2. The predicted octanol–water partition coefficient (Wildman–Crippen LogP) is 3.39. The van der Waals surface area contributed by atoms with E-state index in [1.165, 1.54) is 4.90 Å². The fraction of sp³-hybridized carbons (Fsp3) is 0.182. The van der Waals surface area contributed by atoms with Gasteiger partial charge in [0.1, 0.15) is 0 Å². The lowest BCUT2D eigenvalue weighted by molar-refractivity contribution is -0.149. The second-order valence-corrected chi connectivity index (χ2v) is 7.79. The largest absolute Gasteiger partial charge is 0.372 e. The van der Waals surface area contributed by atoms with Gasteiger partial charge in [-0.2, -0.15) is 0 Å². The van der Waals surface area contributed by atoms with E-state index >= 15 is 0 Å². The molecule has 1 heterocycles. The maximum Gasteiger partial charge on any atom is 0.268 e. The van der Waals surface area contributed by atoms with Crippen LogP contribution in [0.15, 0.2) is 71.2 Å². The molecule has 0 saturated carbocycles. The predicted molar refractivity (Wildman–Crippen MR) is 112 cm³/mol. The van der Waals surface area contributed by atoms with Crippen LogP contribution in [0.25, 0.3) is 10.8 Å². The van der Waals surface area contributed by atoms with Crippen molar-refractivity contribution in [1.29, 1.82) is 0 Å². The van der Waals surface area contributed by atoms with E-state index in [2.05, 4.69) is 21.2 Å². The first-order chi connectivity index (χ1) is 13.5. The third kappa shape index (κ3) is 3.30. The van der Waals surface area contributed by atoms with Crippen LogP contribution in [-0.4, -0.2) is 29.1 Å². The molecule has 1 saturated heterocycles. The molecule has 0 radical (unpaired) electrons.